The smallest absolute Gasteiger partial charge is 0.372 e. The van der Waals surface area contributed by atoms with Crippen molar-refractivity contribution in [3.63, 3.8) is 0 Å². The van der Waals surface area contributed by atoms with Crippen LogP contribution in [0.4, 0.5) is 43.9 Å². The first kappa shape index (κ1) is 24.2. The fraction of sp³-hybridized carbons (Fsp3) is 1.00. The van der Waals surface area contributed by atoms with E-state index in [4.69, 9.17) is 0 Å². The van der Waals surface area contributed by atoms with E-state index < -0.39 is 41.0 Å². The minimum atomic E-state index is -6.37. The molecule has 0 aliphatic rings. The van der Waals surface area contributed by atoms with Gasteiger partial charge in [-0.3, -0.25) is 0 Å². The average Bonchev–Trinajstić information content (AvgIpc) is 2.35. The highest BCUT2D eigenvalue weighted by atomic mass is 19.4. The topological polar surface area (TPSA) is 18.5 Å². The maximum absolute atomic E-state index is 13.8. The predicted octanol–water partition coefficient (Wildman–Crippen LogP) is 5.36. The zero-order valence-corrected chi connectivity index (χ0v) is 14.1. The van der Waals surface area contributed by atoms with Gasteiger partial charge in [-0.1, -0.05) is 0 Å². The third-order valence-corrected chi connectivity index (χ3v) is 3.72. The fourth-order valence-corrected chi connectivity index (χ4v) is 1.67. The highest BCUT2D eigenvalue weighted by Gasteiger charge is 2.80. The highest BCUT2D eigenvalue weighted by Crippen LogP contribution is 2.55. The summed E-state index contributed by atoms with van der Waals surface area (Å²) in [6, 6.07) is 0. The number of ether oxygens (including phenoxy) is 2. The number of methoxy groups -OCH3 is 1. The van der Waals surface area contributed by atoms with Crippen LogP contribution in [0.5, 0.6) is 0 Å². The monoisotopic (exact) mass is 396 g/mol. The summed E-state index contributed by atoms with van der Waals surface area (Å²) in [5.74, 6) is -22.3. The highest BCUT2D eigenvalue weighted by molar-refractivity contribution is 5.04. The molecule has 0 rings (SSSR count). The molecule has 152 valence electrons. The second-order valence-corrected chi connectivity index (χ2v) is 6.46. The quantitative estimate of drug-likeness (QED) is 0.515. The van der Waals surface area contributed by atoms with E-state index in [2.05, 4.69) is 9.47 Å². The predicted molar refractivity (Wildman–Crippen MR) is 66.7 cm³/mol. The summed E-state index contributed by atoms with van der Waals surface area (Å²) in [4.78, 5) is 0. The Morgan fingerprint density at radius 3 is 1.16 bits per heavy atom. The van der Waals surface area contributed by atoms with Crippen molar-refractivity contribution in [2.24, 2.45) is 0 Å². The van der Waals surface area contributed by atoms with Gasteiger partial charge >= 0.3 is 29.8 Å². The van der Waals surface area contributed by atoms with E-state index in [0.717, 1.165) is 0 Å². The number of alkyl halides is 10. The number of hydrogen-bond donors (Lipinski definition) is 0. The summed E-state index contributed by atoms with van der Waals surface area (Å²) in [5.41, 5.74) is -7.09. The second-order valence-electron chi connectivity index (χ2n) is 6.46. The summed E-state index contributed by atoms with van der Waals surface area (Å²) < 4.78 is 143. The maximum atomic E-state index is 13.8. The number of halogens is 10. The van der Waals surface area contributed by atoms with Crippen LogP contribution in [0.3, 0.4) is 0 Å². The van der Waals surface area contributed by atoms with Crippen molar-refractivity contribution in [2.75, 3.05) is 7.11 Å². The first-order valence-corrected chi connectivity index (χ1v) is 6.66. The lowest BCUT2D eigenvalue weighted by atomic mass is 9.92. The van der Waals surface area contributed by atoms with Crippen molar-refractivity contribution in [2.45, 2.75) is 75.6 Å². The van der Waals surface area contributed by atoms with Gasteiger partial charge in [-0.25, -0.2) is 8.78 Å². The summed E-state index contributed by atoms with van der Waals surface area (Å²) in [6.45, 7) is 0.229. The van der Waals surface area contributed by atoms with Gasteiger partial charge in [0.1, 0.15) is 11.2 Å². The van der Waals surface area contributed by atoms with E-state index in [1.165, 1.54) is 0 Å². The van der Waals surface area contributed by atoms with Crippen molar-refractivity contribution in [3.8, 4) is 0 Å². The average molecular weight is 396 g/mol. The molecule has 0 saturated carbocycles. The Balaban J connectivity index is 6.01. The van der Waals surface area contributed by atoms with Crippen LogP contribution in [-0.2, 0) is 9.47 Å². The van der Waals surface area contributed by atoms with Gasteiger partial charge in [0.15, 0.2) is 0 Å². The van der Waals surface area contributed by atoms with Crippen LogP contribution in [0, 0.1) is 0 Å². The molecule has 0 saturated heterocycles. The molecule has 0 N–H and O–H groups in total. The first-order chi connectivity index (χ1) is 10.5. The molecule has 0 atom stereocenters. The van der Waals surface area contributed by atoms with E-state index in [1.54, 1.807) is 0 Å². The van der Waals surface area contributed by atoms with Crippen LogP contribution in [0.2, 0.25) is 0 Å². The fourth-order valence-electron chi connectivity index (χ4n) is 1.67. The van der Waals surface area contributed by atoms with E-state index in [1.807, 2.05) is 0 Å². The largest absolute Gasteiger partial charge is 0.426 e. The molecule has 0 heterocycles. The van der Waals surface area contributed by atoms with Gasteiger partial charge < -0.3 is 9.47 Å². The molecular weight excluding hydrogens is 378 g/mol. The second kappa shape index (κ2) is 6.14. The van der Waals surface area contributed by atoms with Gasteiger partial charge in [-0.15, -0.1) is 0 Å². The lowest BCUT2D eigenvalue weighted by Crippen LogP contribution is -2.67. The summed E-state index contributed by atoms with van der Waals surface area (Å²) in [7, 11) is 0.527. The summed E-state index contributed by atoms with van der Waals surface area (Å²) in [6.07, 6.45) is -6.23. The van der Waals surface area contributed by atoms with Crippen LogP contribution in [0.25, 0.3) is 0 Å². The molecule has 0 aliphatic heterocycles. The molecular formula is C13H18F10O2. The SMILES string of the molecule is COC(C)(C)C(F)(F)C(F)(F)C(F)(F)OC(C)(C)C(F)(F)C(C)(F)F. The van der Waals surface area contributed by atoms with Crippen LogP contribution in [0.1, 0.15) is 34.6 Å². The zero-order valence-electron chi connectivity index (χ0n) is 14.1. The van der Waals surface area contributed by atoms with Gasteiger partial charge in [0.2, 0.25) is 0 Å². The van der Waals surface area contributed by atoms with Crippen molar-refractivity contribution in [3.05, 3.63) is 0 Å². The van der Waals surface area contributed by atoms with E-state index in [9.17, 15) is 43.9 Å². The minimum Gasteiger partial charge on any atom is -0.372 e. The van der Waals surface area contributed by atoms with Gasteiger partial charge in [-0.2, -0.15) is 35.1 Å². The normalized spacial score (nSPS) is 16.3. The summed E-state index contributed by atoms with van der Waals surface area (Å²) in [5, 5.41) is 0. The van der Waals surface area contributed by atoms with Crippen LogP contribution in [-0.4, -0.2) is 48.1 Å². The van der Waals surface area contributed by atoms with Crippen LogP contribution in [0.15, 0.2) is 0 Å². The van der Waals surface area contributed by atoms with Crippen LogP contribution >= 0.6 is 0 Å². The van der Waals surface area contributed by atoms with E-state index in [0.29, 0.717) is 21.0 Å². The van der Waals surface area contributed by atoms with Crippen molar-refractivity contribution >= 4 is 0 Å². The molecule has 0 aromatic rings. The third-order valence-electron chi connectivity index (χ3n) is 3.72. The van der Waals surface area contributed by atoms with Gasteiger partial charge in [0, 0.05) is 14.0 Å². The zero-order chi connectivity index (χ0) is 20.9. The Kier molecular flexibility index (Phi) is 5.95. The summed E-state index contributed by atoms with van der Waals surface area (Å²) >= 11 is 0. The van der Waals surface area contributed by atoms with Gasteiger partial charge in [0.05, 0.1) is 0 Å². The van der Waals surface area contributed by atoms with Crippen molar-refractivity contribution < 1.29 is 53.4 Å². The molecule has 0 bridgehead atoms. The first-order valence-electron chi connectivity index (χ1n) is 6.66. The van der Waals surface area contributed by atoms with Crippen molar-refractivity contribution in [1.29, 1.82) is 0 Å². The molecule has 0 fully saturated rings. The number of hydrogen-bond acceptors (Lipinski definition) is 2. The Bertz CT molecular complexity index is 480. The Hall–Kier alpha value is -0.780. The number of rotatable bonds is 8. The molecule has 0 aromatic heterocycles. The van der Waals surface area contributed by atoms with Crippen LogP contribution < -0.4 is 0 Å². The molecule has 0 spiro atoms. The van der Waals surface area contributed by atoms with Gasteiger partial charge in [0.25, 0.3) is 0 Å². The maximum Gasteiger partial charge on any atom is 0.426 e. The van der Waals surface area contributed by atoms with Crippen molar-refractivity contribution in [1.82, 2.24) is 0 Å². The Morgan fingerprint density at radius 2 is 0.880 bits per heavy atom. The lowest BCUT2D eigenvalue weighted by Gasteiger charge is -2.44. The molecule has 2 nitrogen and oxygen atoms in total. The lowest BCUT2D eigenvalue weighted by molar-refractivity contribution is -0.455. The molecule has 12 heteroatoms. The van der Waals surface area contributed by atoms with E-state index >= 15 is 0 Å². The molecule has 0 radical (unpaired) electrons. The standard InChI is InChI=1S/C13H18F10O2/c1-7(2,24-6)11(18,19)12(20,21)13(22,23)25-8(3,4)10(16,17)9(5,14)15/h1-6H3. The molecule has 25 heavy (non-hydrogen) atoms. The molecule has 0 unspecified atom stereocenters. The molecule has 0 amide bonds. The van der Waals surface area contributed by atoms with E-state index in [-0.39, 0.29) is 20.8 Å². The van der Waals surface area contributed by atoms with Gasteiger partial charge in [-0.05, 0) is 27.7 Å². The Morgan fingerprint density at radius 1 is 0.520 bits per heavy atom. The Labute approximate surface area is 137 Å². The molecule has 0 aromatic carbocycles. The third kappa shape index (κ3) is 3.69. The minimum absolute atomic E-state index is 0.0476. The molecule has 0 aliphatic carbocycles.